The highest BCUT2D eigenvalue weighted by Gasteiger charge is 2.27. The molecule has 0 N–H and O–H groups in total. The van der Waals surface area contributed by atoms with Gasteiger partial charge in [0.25, 0.3) is 0 Å². The van der Waals surface area contributed by atoms with Crippen molar-refractivity contribution in [3.8, 4) is 5.88 Å². The third-order valence-corrected chi connectivity index (χ3v) is 5.39. The second-order valence-corrected chi connectivity index (χ2v) is 7.36. The molecule has 0 aliphatic carbocycles. The number of hydrogen-bond donors (Lipinski definition) is 0. The summed E-state index contributed by atoms with van der Waals surface area (Å²) >= 11 is 0. The molecule has 7 heteroatoms. The average Bonchev–Trinajstić information content (AvgIpc) is 2.62. The van der Waals surface area contributed by atoms with Crippen molar-refractivity contribution in [2.24, 2.45) is 0 Å². The van der Waals surface area contributed by atoms with Gasteiger partial charge in [0.05, 0.1) is 0 Å². The summed E-state index contributed by atoms with van der Waals surface area (Å²) in [7, 11) is -3.41. The van der Waals surface area contributed by atoms with Crippen molar-refractivity contribution in [1.29, 1.82) is 0 Å². The summed E-state index contributed by atoms with van der Waals surface area (Å²) in [6.45, 7) is 0.874. The molecule has 1 fully saturated rings. The van der Waals surface area contributed by atoms with Gasteiger partial charge in [0, 0.05) is 30.8 Å². The maximum absolute atomic E-state index is 12.4. The summed E-state index contributed by atoms with van der Waals surface area (Å²) in [6.07, 6.45) is 4.44. The van der Waals surface area contributed by atoms with Gasteiger partial charge in [0.2, 0.25) is 15.9 Å². The molecule has 1 aromatic carbocycles. The molecule has 24 heavy (non-hydrogen) atoms. The van der Waals surface area contributed by atoms with Crippen LogP contribution in [0.15, 0.2) is 54.1 Å². The molecule has 1 saturated heterocycles. The van der Waals surface area contributed by atoms with E-state index in [2.05, 4.69) is 10.2 Å². The van der Waals surface area contributed by atoms with E-state index in [1.54, 1.807) is 24.4 Å². The SMILES string of the molecule is O=S(=O)(C=Cc1ccccc1)N1CCC(Oc2cccnn2)CC1. The van der Waals surface area contributed by atoms with Crippen LogP contribution in [0.4, 0.5) is 0 Å². The van der Waals surface area contributed by atoms with E-state index in [9.17, 15) is 8.42 Å². The first-order chi connectivity index (χ1) is 11.6. The van der Waals surface area contributed by atoms with Gasteiger partial charge in [-0.15, -0.1) is 5.10 Å². The zero-order chi connectivity index (χ0) is 16.8. The molecular weight excluding hydrogens is 326 g/mol. The van der Waals surface area contributed by atoms with Gasteiger partial charge in [-0.1, -0.05) is 30.3 Å². The normalized spacial score (nSPS) is 17.2. The fourth-order valence-electron chi connectivity index (χ4n) is 2.54. The monoisotopic (exact) mass is 345 g/mol. The van der Waals surface area contributed by atoms with Crippen LogP contribution in [0.5, 0.6) is 5.88 Å². The van der Waals surface area contributed by atoms with Gasteiger partial charge >= 0.3 is 0 Å². The molecule has 2 heterocycles. The number of rotatable bonds is 5. The van der Waals surface area contributed by atoms with Gasteiger partial charge in [-0.2, -0.15) is 9.40 Å². The number of nitrogens with zero attached hydrogens (tertiary/aromatic N) is 3. The van der Waals surface area contributed by atoms with Crippen molar-refractivity contribution >= 4 is 16.1 Å². The summed E-state index contributed by atoms with van der Waals surface area (Å²) in [5.41, 5.74) is 0.863. The molecule has 0 atom stereocenters. The van der Waals surface area contributed by atoms with E-state index in [-0.39, 0.29) is 6.10 Å². The van der Waals surface area contributed by atoms with Crippen molar-refractivity contribution in [2.75, 3.05) is 13.1 Å². The topological polar surface area (TPSA) is 72.4 Å². The molecule has 0 saturated carbocycles. The minimum Gasteiger partial charge on any atom is -0.473 e. The molecule has 126 valence electrons. The summed E-state index contributed by atoms with van der Waals surface area (Å²) in [6, 6.07) is 12.9. The predicted molar refractivity (Wildman–Crippen MR) is 91.7 cm³/mol. The van der Waals surface area contributed by atoms with Gasteiger partial charge in [-0.05, 0) is 30.5 Å². The van der Waals surface area contributed by atoms with E-state index < -0.39 is 10.0 Å². The Bertz CT molecular complexity index is 771. The third kappa shape index (κ3) is 4.39. The van der Waals surface area contributed by atoms with E-state index >= 15 is 0 Å². The largest absolute Gasteiger partial charge is 0.473 e. The Kier molecular flexibility index (Phi) is 5.22. The minimum atomic E-state index is -3.41. The van der Waals surface area contributed by atoms with Crippen LogP contribution in [0.2, 0.25) is 0 Å². The van der Waals surface area contributed by atoms with Crippen LogP contribution < -0.4 is 4.74 Å². The molecule has 0 amide bonds. The summed E-state index contributed by atoms with van der Waals surface area (Å²) < 4.78 is 32.0. The van der Waals surface area contributed by atoms with Gasteiger partial charge in [-0.25, -0.2) is 8.42 Å². The fraction of sp³-hybridized carbons (Fsp3) is 0.294. The van der Waals surface area contributed by atoms with Crippen LogP contribution in [-0.2, 0) is 10.0 Å². The Morgan fingerprint density at radius 1 is 1.08 bits per heavy atom. The number of piperidine rings is 1. The van der Waals surface area contributed by atoms with Gasteiger partial charge in [-0.3, -0.25) is 0 Å². The molecule has 0 unspecified atom stereocenters. The number of ether oxygens (including phenoxy) is 1. The summed E-state index contributed by atoms with van der Waals surface area (Å²) in [5.74, 6) is 0.475. The van der Waals surface area contributed by atoms with Crippen molar-refractivity contribution in [1.82, 2.24) is 14.5 Å². The van der Waals surface area contributed by atoms with E-state index in [4.69, 9.17) is 4.74 Å². The smallest absolute Gasteiger partial charge is 0.236 e. The lowest BCUT2D eigenvalue weighted by Crippen LogP contribution is -2.41. The number of hydrogen-bond acceptors (Lipinski definition) is 5. The first kappa shape index (κ1) is 16.6. The lowest BCUT2D eigenvalue weighted by Gasteiger charge is -2.30. The van der Waals surface area contributed by atoms with Crippen LogP contribution in [0.3, 0.4) is 0 Å². The van der Waals surface area contributed by atoms with Crippen LogP contribution in [0.25, 0.3) is 6.08 Å². The van der Waals surface area contributed by atoms with Crippen LogP contribution in [-0.4, -0.2) is 42.1 Å². The van der Waals surface area contributed by atoms with Crippen molar-refractivity contribution < 1.29 is 13.2 Å². The molecule has 6 nitrogen and oxygen atoms in total. The number of benzene rings is 1. The third-order valence-electron chi connectivity index (χ3n) is 3.83. The first-order valence-corrected chi connectivity index (χ1v) is 9.31. The summed E-state index contributed by atoms with van der Waals surface area (Å²) in [4.78, 5) is 0. The van der Waals surface area contributed by atoms with Crippen molar-refractivity contribution in [3.05, 3.63) is 59.6 Å². The molecule has 3 rings (SSSR count). The fourth-order valence-corrected chi connectivity index (χ4v) is 3.76. The average molecular weight is 345 g/mol. The number of sulfonamides is 1. The number of aromatic nitrogens is 2. The zero-order valence-electron chi connectivity index (χ0n) is 13.2. The molecule has 0 spiro atoms. The van der Waals surface area contributed by atoms with Crippen molar-refractivity contribution in [3.63, 3.8) is 0 Å². The van der Waals surface area contributed by atoms with E-state index in [1.807, 2.05) is 30.3 Å². The summed E-state index contributed by atoms with van der Waals surface area (Å²) in [5, 5.41) is 8.93. The second-order valence-electron chi connectivity index (χ2n) is 5.54. The highest BCUT2D eigenvalue weighted by molar-refractivity contribution is 7.92. The lowest BCUT2D eigenvalue weighted by atomic mass is 10.1. The maximum atomic E-state index is 12.4. The minimum absolute atomic E-state index is 0.0359. The van der Waals surface area contributed by atoms with E-state index in [0.717, 1.165) is 5.56 Å². The predicted octanol–water partition coefficient (Wildman–Crippen LogP) is 2.32. The Balaban J connectivity index is 1.56. The second kappa shape index (κ2) is 7.55. The van der Waals surface area contributed by atoms with Gasteiger partial charge in [0.1, 0.15) is 6.10 Å². The van der Waals surface area contributed by atoms with Crippen LogP contribution in [0, 0.1) is 0 Å². The van der Waals surface area contributed by atoms with E-state index in [1.165, 1.54) is 9.71 Å². The first-order valence-electron chi connectivity index (χ1n) is 7.81. The zero-order valence-corrected chi connectivity index (χ0v) is 14.0. The molecule has 0 radical (unpaired) electrons. The molecule has 1 aliphatic heterocycles. The van der Waals surface area contributed by atoms with Crippen LogP contribution in [0.1, 0.15) is 18.4 Å². The van der Waals surface area contributed by atoms with Crippen LogP contribution >= 0.6 is 0 Å². The molecular formula is C17H19N3O3S. The van der Waals surface area contributed by atoms with Gasteiger partial charge < -0.3 is 4.74 Å². The Hall–Kier alpha value is -2.25. The Morgan fingerprint density at radius 2 is 1.83 bits per heavy atom. The van der Waals surface area contributed by atoms with E-state index in [0.29, 0.717) is 31.8 Å². The Morgan fingerprint density at radius 3 is 2.50 bits per heavy atom. The standard InChI is InChI=1S/C17H19N3O3S/c21-24(22,14-10-15-5-2-1-3-6-15)20-12-8-16(9-13-20)23-17-7-4-11-18-19-17/h1-7,10-11,14,16H,8-9,12-13H2. The van der Waals surface area contributed by atoms with Crippen molar-refractivity contribution in [2.45, 2.75) is 18.9 Å². The van der Waals surface area contributed by atoms with Gasteiger partial charge in [0.15, 0.2) is 0 Å². The molecule has 2 aromatic rings. The lowest BCUT2D eigenvalue weighted by molar-refractivity contribution is 0.129. The highest BCUT2D eigenvalue weighted by Crippen LogP contribution is 2.19. The molecule has 0 bridgehead atoms. The molecule has 1 aliphatic rings. The highest BCUT2D eigenvalue weighted by atomic mass is 32.2. The maximum Gasteiger partial charge on any atom is 0.236 e. The quantitative estimate of drug-likeness (QED) is 0.831. The Labute approximate surface area is 141 Å². The molecule has 1 aromatic heterocycles.